The van der Waals surface area contributed by atoms with Crippen LogP contribution in [0.3, 0.4) is 0 Å². The van der Waals surface area contributed by atoms with Gasteiger partial charge in [0.05, 0.1) is 5.69 Å². The van der Waals surface area contributed by atoms with Gasteiger partial charge >= 0.3 is 0 Å². The second kappa shape index (κ2) is 5.39. The van der Waals surface area contributed by atoms with Crippen LogP contribution in [0.1, 0.15) is 19.8 Å². The summed E-state index contributed by atoms with van der Waals surface area (Å²) in [6.07, 6.45) is 0.848. The Labute approximate surface area is 132 Å². The minimum absolute atomic E-state index is 0.0127. The van der Waals surface area contributed by atoms with E-state index < -0.39 is 21.5 Å². The van der Waals surface area contributed by atoms with Crippen LogP contribution >= 0.6 is 0 Å². The Balaban J connectivity index is 2.16. The fourth-order valence-electron chi connectivity index (χ4n) is 2.60. The van der Waals surface area contributed by atoms with Crippen LogP contribution in [0.25, 0.3) is 0 Å². The van der Waals surface area contributed by atoms with Gasteiger partial charge in [-0.25, -0.2) is 13.6 Å². The largest absolute Gasteiger partial charge is 0.464 e. The molecule has 3 rings (SSSR count). The lowest BCUT2D eigenvalue weighted by Gasteiger charge is -2.36. The van der Waals surface area contributed by atoms with Crippen molar-refractivity contribution in [3.8, 4) is 5.75 Å². The third-order valence-electron chi connectivity index (χ3n) is 3.58. The highest BCUT2D eigenvalue weighted by atomic mass is 32.2. The first kappa shape index (κ1) is 15.6. The molecule has 1 atom stereocenters. The molecule has 10 heteroatoms. The maximum Gasteiger partial charge on any atom is 0.278 e. The number of fused-ring (bicyclic) bond motifs is 1. The van der Waals surface area contributed by atoms with Crippen molar-refractivity contribution >= 4 is 27.5 Å². The Morgan fingerprint density at radius 1 is 1.43 bits per heavy atom. The second-order valence-electron chi connectivity index (χ2n) is 5.17. The fourth-order valence-corrected chi connectivity index (χ4v) is 3.27. The van der Waals surface area contributed by atoms with Gasteiger partial charge in [-0.15, -0.1) is 5.10 Å². The molecule has 0 aliphatic carbocycles. The number of nitrogens with one attached hydrogen (secondary N) is 2. The molecule has 2 aliphatic heterocycles. The number of nitrogens with zero attached hydrogens (tertiary/aromatic N) is 1. The van der Waals surface area contributed by atoms with Crippen molar-refractivity contribution in [2.75, 3.05) is 12.0 Å². The lowest BCUT2D eigenvalue weighted by Crippen LogP contribution is -2.57. The van der Waals surface area contributed by atoms with Crippen LogP contribution in [0.5, 0.6) is 5.75 Å². The smallest absolute Gasteiger partial charge is 0.278 e. The molecule has 0 saturated heterocycles. The number of hydrazone groups is 1. The van der Waals surface area contributed by atoms with Crippen molar-refractivity contribution in [1.82, 2.24) is 5.43 Å². The second-order valence-corrected chi connectivity index (χ2v) is 6.70. The maximum absolute atomic E-state index is 12.6. The molecule has 0 aromatic heterocycles. The fraction of sp³-hybridized carbons (Fsp3) is 0.385. The highest BCUT2D eigenvalue weighted by molar-refractivity contribution is 7.89. The van der Waals surface area contributed by atoms with E-state index in [0.29, 0.717) is 6.42 Å². The number of rotatable bonds is 4. The topological polar surface area (TPSA) is 132 Å². The van der Waals surface area contributed by atoms with Gasteiger partial charge in [-0.05, 0) is 12.1 Å². The summed E-state index contributed by atoms with van der Waals surface area (Å²) in [7, 11) is -4.02. The Bertz CT molecular complexity index is 792. The first-order valence-electron chi connectivity index (χ1n) is 6.98. The molecule has 1 amide bonds. The molecule has 0 saturated carbocycles. The van der Waals surface area contributed by atoms with Crippen molar-refractivity contribution in [2.45, 2.75) is 30.3 Å². The standard InChI is InChI=1S/C13H16N4O5S/c1-2-6-13(12-17-15-7-21-12)11(18)16-8-4-3-5-9(10(8)22-13)23(14,19)20/h3-5,15H,2,6-7H2,1H3,(H,16,18)(H2,14,19,20). The molecule has 1 aromatic carbocycles. The van der Waals surface area contributed by atoms with Crippen molar-refractivity contribution in [1.29, 1.82) is 0 Å². The van der Waals surface area contributed by atoms with Crippen LogP contribution in [-0.2, 0) is 19.6 Å². The zero-order valence-electron chi connectivity index (χ0n) is 12.3. The van der Waals surface area contributed by atoms with Crippen LogP contribution in [-0.4, -0.2) is 32.6 Å². The van der Waals surface area contributed by atoms with Crippen LogP contribution in [0.4, 0.5) is 5.69 Å². The SMILES string of the molecule is CCCC1(C2=NNCO2)Oc2c(cccc2S(N)(=O)=O)NC1=O. The molecule has 124 valence electrons. The third-order valence-corrected chi connectivity index (χ3v) is 4.51. The van der Waals surface area contributed by atoms with E-state index in [1.165, 1.54) is 18.2 Å². The number of para-hydroxylation sites is 1. The minimum atomic E-state index is -4.02. The number of nitrogens with two attached hydrogens (primary N) is 1. The number of hydrogen-bond donors (Lipinski definition) is 3. The molecule has 0 spiro atoms. The van der Waals surface area contributed by atoms with E-state index in [0.717, 1.165) is 0 Å². The molecule has 0 bridgehead atoms. The van der Waals surface area contributed by atoms with Gasteiger partial charge in [0.2, 0.25) is 10.0 Å². The summed E-state index contributed by atoms with van der Waals surface area (Å²) < 4.78 is 34.8. The van der Waals surface area contributed by atoms with Gasteiger partial charge in [-0.3, -0.25) is 10.2 Å². The predicted octanol–water partition coefficient (Wildman–Crippen LogP) is 0.0946. The van der Waals surface area contributed by atoms with Gasteiger partial charge in [0.1, 0.15) is 4.90 Å². The normalized spacial score (nSPS) is 23.0. The lowest BCUT2D eigenvalue weighted by atomic mass is 9.94. The number of amides is 1. The Hall–Kier alpha value is -2.33. The first-order chi connectivity index (χ1) is 10.9. The number of hydrogen-bond acceptors (Lipinski definition) is 7. The Morgan fingerprint density at radius 3 is 2.83 bits per heavy atom. The number of primary sulfonamides is 1. The van der Waals surface area contributed by atoms with Crippen molar-refractivity contribution < 1.29 is 22.7 Å². The number of benzene rings is 1. The zero-order chi connectivity index (χ0) is 16.7. The molecule has 1 aromatic rings. The van der Waals surface area contributed by atoms with Gasteiger partial charge in [-0.1, -0.05) is 19.4 Å². The molecule has 1 unspecified atom stereocenters. The summed E-state index contributed by atoms with van der Waals surface area (Å²) >= 11 is 0. The third kappa shape index (κ3) is 2.49. The summed E-state index contributed by atoms with van der Waals surface area (Å²) in [5.74, 6) is -0.422. The van der Waals surface area contributed by atoms with Gasteiger partial charge in [-0.2, -0.15) is 0 Å². The van der Waals surface area contributed by atoms with Gasteiger partial charge in [0, 0.05) is 6.42 Å². The molecular weight excluding hydrogens is 324 g/mol. The van der Waals surface area contributed by atoms with E-state index in [4.69, 9.17) is 14.6 Å². The summed E-state index contributed by atoms with van der Waals surface area (Å²) in [5.41, 5.74) is 1.31. The average Bonchev–Trinajstić information content (AvgIpc) is 3.01. The molecular formula is C13H16N4O5S. The molecule has 0 radical (unpaired) electrons. The summed E-state index contributed by atoms with van der Waals surface area (Å²) in [5, 5.41) is 11.8. The average molecular weight is 340 g/mol. The van der Waals surface area contributed by atoms with E-state index in [1.807, 2.05) is 6.92 Å². The number of sulfonamides is 1. The van der Waals surface area contributed by atoms with Gasteiger partial charge in [0.15, 0.2) is 12.5 Å². The van der Waals surface area contributed by atoms with E-state index >= 15 is 0 Å². The van der Waals surface area contributed by atoms with Crippen molar-refractivity contribution in [3.63, 3.8) is 0 Å². The maximum atomic E-state index is 12.6. The van der Waals surface area contributed by atoms with Crippen molar-refractivity contribution in [3.05, 3.63) is 18.2 Å². The summed E-state index contributed by atoms with van der Waals surface area (Å²) in [6.45, 7) is 1.98. The van der Waals surface area contributed by atoms with E-state index in [-0.39, 0.29) is 35.4 Å². The number of anilines is 1. The summed E-state index contributed by atoms with van der Waals surface area (Å²) in [6, 6.07) is 4.32. The molecule has 23 heavy (non-hydrogen) atoms. The first-order valence-corrected chi connectivity index (χ1v) is 8.53. The zero-order valence-corrected chi connectivity index (χ0v) is 13.1. The quantitative estimate of drug-likeness (QED) is 0.712. The molecule has 2 aliphatic rings. The van der Waals surface area contributed by atoms with E-state index in [2.05, 4.69) is 15.8 Å². The summed E-state index contributed by atoms with van der Waals surface area (Å²) in [4.78, 5) is 12.4. The van der Waals surface area contributed by atoms with E-state index in [1.54, 1.807) is 0 Å². The van der Waals surface area contributed by atoms with Gasteiger partial charge in [0.25, 0.3) is 17.4 Å². The number of carbonyl (C=O) groups excluding carboxylic acids is 1. The van der Waals surface area contributed by atoms with Gasteiger partial charge < -0.3 is 14.8 Å². The molecule has 2 heterocycles. The molecule has 4 N–H and O–H groups in total. The van der Waals surface area contributed by atoms with Crippen LogP contribution in [0.2, 0.25) is 0 Å². The van der Waals surface area contributed by atoms with Crippen LogP contribution < -0.4 is 20.6 Å². The highest BCUT2D eigenvalue weighted by Gasteiger charge is 2.52. The lowest BCUT2D eigenvalue weighted by molar-refractivity contribution is -0.128. The highest BCUT2D eigenvalue weighted by Crippen LogP contribution is 2.41. The van der Waals surface area contributed by atoms with E-state index in [9.17, 15) is 13.2 Å². The Kier molecular flexibility index (Phi) is 3.65. The Morgan fingerprint density at radius 2 is 2.22 bits per heavy atom. The monoisotopic (exact) mass is 340 g/mol. The molecule has 9 nitrogen and oxygen atoms in total. The minimum Gasteiger partial charge on any atom is -0.464 e. The van der Waals surface area contributed by atoms with Crippen molar-refractivity contribution in [2.24, 2.45) is 10.2 Å². The van der Waals surface area contributed by atoms with Crippen LogP contribution in [0.15, 0.2) is 28.2 Å². The molecule has 0 fully saturated rings. The predicted molar refractivity (Wildman–Crippen MR) is 81.2 cm³/mol. The number of carbonyl (C=O) groups is 1. The van der Waals surface area contributed by atoms with Crippen LogP contribution in [0, 0.1) is 0 Å². The number of ether oxygens (including phenoxy) is 2.